The third kappa shape index (κ3) is 4.73. The summed E-state index contributed by atoms with van der Waals surface area (Å²) in [4.78, 5) is 40.2. The van der Waals surface area contributed by atoms with E-state index in [4.69, 9.17) is 0 Å². The number of aromatic nitrogens is 3. The highest BCUT2D eigenvalue weighted by atomic mass is 32.1. The molecule has 4 rings (SSSR count). The first kappa shape index (κ1) is 21.4. The number of carbonyl (C=O) groups excluding carboxylic acids is 2. The van der Waals surface area contributed by atoms with Crippen molar-refractivity contribution in [2.24, 2.45) is 0 Å². The number of hydrogen-bond acceptors (Lipinski definition) is 6. The predicted octanol–water partition coefficient (Wildman–Crippen LogP) is 3.36. The van der Waals surface area contributed by atoms with E-state index in [-0.39, 0.29) is 29.8 Å². The molecule has 2 heterocycles. The first-order chi connectivity index (χ1) is 15.4. The molecule has 1 unspecified atom stereocenters. The van der Waals surface area contributed by atoms with E-state index in [0.717, 1.165) is 16.8 Å². The van der Waals surface area contributed by atoms with Crippen molar-refractivity contribution in [3.05, 3.63) is 75.9 Å². The first-order valence-corrected chi connectivity index (χ1v) is 10.9. The van der Waals surface area contributed by atoms with Gasteiger partial charge in [0, 0.05) is 23.3 Å². The van der Waals surface area contributed by atoms with Crippen molar-refractivity contribution in [1.29, 1.82) is 0 Å². The summed E-state index contributed by atoms with van der Waals surface area (Å²) < 4.78 is 1.50. The summed E-state index contributed by atoms with van der Waals surface area (Å²) in [6.07, 6.45) is 1.22. The number of anilines is 1. The zero-order valence-corrected chi connectivity index (χ0v) is 18.3. The van der Waals surface area contributed by atoms with E-state index in [1.165, 1.54) is 29.1 Å². The molecule has 0 radical (unpaired) electrons. The maximum atomic E-state index is 12.5. The van der Waals surface area contributed by atoms with Gasteiger partial charge in [0.25, 0.3) is 0 Å². The summed E-state index contributed by atoms with van der Waals surface area (Å²) in [5.74, 6) is -0.363. The number of nitrogens with zero attached hydrogens (tertiary/aromatic N) is 3. The van der Waals surface area contributed by atoms with Crippen LogP contribution in [0.25, 0.3) is 22.2 Å². The number of fused-ring (bicyclic) bond motifs is 1. The van der Waals surface area contributed by atoms with E-state index in [0.29, 0.717) is 16.0 Å². The van der Waals surface area contributed by atoms with Crippen molar-refractivity contribution >= 4 is 39.2 Å². The van der Waals surface area contributed by atoms with Crippen molar-refractivity contribution in [2.45, 2.75) is 26.4 Å². The smallest absolute Gasteiger partial charge is 0.247 e. The predicted molar refractivity (Wildman–Crippen MR) is 124 cm³/mol. The molecule has 0 aliphatic heterocycles. The topological polar surface area (TPSA) is 106 Å². The summed E-state index contributed by atoms with van der Waals surface area (Å²) in [6.45, 7) is 3.38. The average Bonchev–Trinajstić information content (AvgIpc) is 3.24. The molecule has 0 saturated heterocycles. The molecule has 0 aliphatic rings. The molecule has 2 N–H and O–H groups in total. The molecule has 0 bridgehead atoms. The van der Waals surface area contributed by atoms with Crippen LogP contribution in [0, 0.1) is 0 Å². The molecular weight excluding hydrogens is 426 g/mol. The van der Waals surface area contributed by atoms with E-state index in [1.807, 2.05) is 36.6 Å². The van der Waals surface area contributed by atoms with Gasteiger partial charge >= 0.3 is 0 Å². The quantitative estimate of drug-likeness (QED) is 0.471. The number of benzene rings is 2. The maximum absolute atomic E-state index is 12.5. The van der Waals surface area contributed by atoms with Crippen LogP contribution in [0.4, 0.5) is 5.13 Å². The van der Waals surface area contributed by atoms with Gasteiger partial charge in [-0.15, -0.1) is 11.3 Å². The lowest BCUT2D eigenvalue weighted by molar-refractivity contribution is -0.119. The fourth-order valence-corrected chi connectivity index (χ4v) is 4.11. The maximum Gasteiger partial charge on any atom is 0.247 e. The van der Waals surface area contributed by atoms with Gasteiger partial charge < -0.3 is 10.6 Å². The molecule has 0 aliphatic carbocycles. The van der Waals surface area contributed by atoms with Gasteiger partial charge in [0.2, 0.25) is 17.2 Å². The highest BCUT2D eigenvalue weighted by Crippen LogP contribution is 2.26. The summed E-state index contributed by atoms with van der Waals surface area (Å²) in [5, 5.41) is 12.6. The second kappa shape index (κ2) is 9.11. The third-order valence-electron chi connectivity index (χ3n) is 4.93. The fourth-order valence-electron chi connectivity index (χ4n) is 3.38. The van der Waals surface area contributed by atoms with Crippen LogP contribution < -0.4 is 16.1 Å². The van der Waals surface area contributed by atoms with Gasteiger partial charge in [-0.25, -0.2) is 4.98 Å². The Morgan fingerprint density at radius 1 is 1.12 bits per heavy atom. The van der Waals surface area contributed by atoms with Gasteiger partial charge in [-0.3, -0.25) is 19.1 Å². The molecule has 9 heteroatoms. The Labute approximate surface area is 187 Å². The molecule has 0 fully saturated rings. The summed E-state index contributed by atoms with van der Waals surface area (Å²) >= 11 is 1.33. The number of amides is 2. The van der Waals surface area contributed by atoms with Crippen molar-refractivity contribution in [2.75, 3.05) is 5.32 Å². The fraction of sp³-hybridized carbons (Fsp3) is 0.174. The number of para-hydroxylation sites is 1. The zero-order chi connectivity index (χ0) is 22.7. The van der Waals surface area contributed by atoms with Crippen molar-refractivity contribution in [1.82, 2.24) is 20.1 Å². The molecule has 4 aromatic rings. The van der Waals surface area contributed by atoms with E-state index < -0.39 is 0 Å². The number of carbonyl (C=O) groups is 2. The average molecular weight is 448 g/mol. The highest BCUT2D eigenvalue weighted by molar-refractivity contribution is 7.14. The second-order valence-corrected chi connectivity index (χ2v) is 8.17. The van der Waals surface area contributed by atoms with Crippen LogP contribution in [0.5, 0.6) is 0 Å². The lowest BCUT2D eigenvalue weighted by Crippen LogP contribution is -2.23. The Kier molecular flexibility index (Phi) is 6.09. The van der Waals surface area contributed by atoms with Crippen LogP contribution in [-0.4, -0.2) is 26.6 Å². The van der Waals surface area contributed by atoms with Crippen LogP contribution in [0.3, 0.4) is 0 Å². The highest BCUT2D eigenvalue weighted by Gasteiger charge is 2.12. The van der Waals surface area contributed by atoms with E-state index in [2.05, 4.69) is 20.7 Å². The molecule has 0 saturated carbocycles. The molecule has 2 amide bonds. The monoisotopic (exact) mass is 447 g/mol. The summed E-state index contributed by atoms with van der Waals surface area (Å²) in [7, 11) is 0. The van der Waals surface area contributed by atoms with Gasteiger partial charge in [-0.05, 0) is 24.6 Å². The molecular formula is C23H21N5O3S. The van der Waals surface area contributed by atoms with Gasteiger partial charge in [0.05, 0.1) is 23.4 Å². The lowest BCUT2D eigenvalue weighted by atomic mass is 10.1. The van der Waals surface area contributed by atoms with E-state index in [1.54, 1.807) is 24.3 Å². The molecule has 0 spiro atoms. The minimum Gasteiger partial charge on any atom is -0.350 e. The van der Waals surface area contributed by atoms with Crippen LogP contribution in [0.1, 0.15) is 25.5 Å². The van der Waals surface area contributed by atoms with Crippen molar-refractivity contribution in [3.63, 3.8) is 0 Å². The number of nitrogens with one attached hydrogen (secondary N) is 2. The lowest BCUT2D eigenvalue weighted by Gasteiger charge is -2.13. The summed E-state index contributed by atoms with van der Waals surface area (Å²) in [6, 6.07) is 14.7. The molecule has 2 aromatic heterocycles. The Morgan fingerprint density at radius 2 is 1.88 bits per heavy atom. The molecule has 8 nitrogen and oxygen atoms in total. The molecule has 1 atom stereocenters. The van der Waals surface area contributed by atoms with E-state index >= 15 is 0 Å². The Morgan fingerprint density at radius 3 is 2.62 bits per heavy atom. The van der Waals surface area contributed by atoms with Crippen molar-refractivity contribution in [3.8, 4) is 11.3 Å². The molecule has 2 aromatic carbocycles. The van der Waals surface area contributed by atoms with Crippen LogP contribution >= 0.6 is 11.3 Å². The number of rotatable bonds is 6. The van der Waals surface area contributed by atoms with Crippen LogP contribution in [0.15, 0.2) is 64.9 Å². The standard InChI is InChI=1S/C23H21N5O3S/c1-14(25-15(2)29)16-7-9-17(10-8-16)19-13-32-23(26-19)27-22(31)12-28-20-6-4-3-5-18(20)21(30)11-24-28/h3-11,13-14H,12H2,1-2H3,(H,25,29)(H,26,27,31). The van der Waals surface area contributed by atoms with Crippen molar-refractivity contribution < 1.29 is 9.59 Å². The van der Waals surface area contributed by atoms with Crippen LogP contribution in [0.2, 0.25) is 0 Å². The molecule has 32 heavy (non-hydrogen) atoms. The van der Waals surface area contributed by atoms with Gasteiger partial charge in [0.15, 0.2) is 5.13 Å². The summed E-state index contributed by atoms with van der Waals surface area (Å²) in [5.41, 5.74) is 3.07. The van der Waals surface area contributed by atoms with Gasteiger partial charge in [-0.2, -0.15) is 5.10 Å². The van der Waals surface area contributed by atoms with Gasteiger partial charge in [0.1, 0.15) is 6.54 Å². The Hall–Kier alpha value is -3.85. The third-order valence-corrected chi connectivity index (χ3v) is 5.69. The number of thiazole rings is 1. The molecule has 162 valence electrons. The SMILES string of the molecule is CC(=O)NC(C)c1ccc(-c2csc(NC(=O)Cn3ncc(=O)c4ccccc43)n2)cc1. The normalized spacial score (nSPS) is 11.8. The van der Waals surface area contributed by atoms with Gasteiger partial charge in [-0.1, -0.05) is 36.4 Å². The Balaban J connectivity index is 1.44. The second-order valence-electron chi connectivity index (χ2n) is 7.31. The number of hydrogen-bond donors (Lipinski definition) is 2. The first-order valence-electron chi connectivity index (χ1n) is 9.98. The van der Waals surface area contributed by atoms with E-state index in [9.17, 15) is 14.4 Å². The minimum atomic E-state index is -0.285. The minimum absolute atomic E-state index is 0.0363. The zero-order valence-electron chi connectivity index (χ0n) is 17.5. The van der Waals surface area contributed by atoms with Crippen LogP contribution in [-0.2, 0) is 16.1 Å². The largest absolute Gasteiger partial charge is 0.350 e. The Bertz CT molecular complexity index is 1340.